The number of aryl methyl sites for hydroxylation is 2. The predicted molar refractivity (Wildman–Crippen MR) is 81.3 cm³/mol. The second-order valence-electron chi connectivity index (χ2n) is 4.97. The normalized spacial score (nSPS) is 12.0. The van der Waals surface area contributed by atoms with Crippen LogP contribution in [0.25, 0.3) is 11.1 Å². The van der Waals surface area contributed by atoms with Crippen LogP contribution in [0.4, 0.5) is 0 Å². The first-order valence-corrected chi connectivity index (χ1v) is 8.37. The maximum absolute atomic E-state index is 12.3. The monoisotopic (exact) mass is 337 g/mol. The molecule has 122 valence electrons. The fourth-order valence-corrected chi connectivity index (χ4v) is 3.25. The van der Waals surface area contributed by atoms with E-state index in [-0.39, 0.29) is 11.4 Å². The summed E-state index contributed by atoms with van der Waals surface area (Å²) >= 11 is 0. The number of nitrogens with one attached hydrogen (secondary N) is 1. The summed E-state index contributed by atoms with van der Waals surface area (Å²) in [7, 11) is -2.13. The van der Waals surface area contributed by atoms with Crippen LogP contribution in [0.2, 0.25) is 0 Å². The zero-order valence-corrected chi connectivity index (χ0v) is 13.2. The van der Waals surface area contributed by atoms with Gasteiger partial charge in [0.25, 0.3) is 0 Å². The number of hydrogen-bond acceptors (Lipinski definition) is 6. The number of aromatic nitrogens is 4. The Morgan fingerprint density at radius 3 is 2.91 bits per heavy atom. The van der Waals surface area contributed by atoms with Crippen LogP contribution in [0.5, 0.6) is 0 Å². The molecule has 10 heteroatoms. The van der Waals surface area contributed by atoms with Gasteiger partial charge in [0.05, 0.1) is 10.4 Å². The van der Waals surface area contributed by atoms with E-state index in [1.807, 2.05) is 0 Å². The van der Waals surface area contributed by atoms with Crippen LogP contribution in [-0.4, -0.2) is 34.3 Å². The first-order chi connectivity index (χ1) is 11.0. The van der Waals surface area contributed by atoms with Crippen molar-refractivity contribution in [2.45, 2.75) is 17.9 Å². The van der Waals surface area contributed by atoms with E-state index in [2.05, 4.69) is 14.8 Å². The molecule has 0 aliphatic rings. The number of nitrogens with zero attached hydrogens (tertiary/aromatic N) is 4. The molecule has 2 heterocycles. The molecule has 0 unspecified atom stereocenters. The number of fused-ring (bicyclic) bond motifs is 1. The van der Waals surface area contributed by atoms with Gasteiger partial charge in [-0.15, -0.1) is 0 Å². The SMILES string of the molecule is Cn1c(=O)oc2ccc(S(=O)(=O)NCCCn3cncn3)cc21. The number of hydrogen-bond donors (Lipinski definition) is 1. The van der Waals surface area contributed by atoms with Gasteiger partial charge in [-0.05, 0) is 24.6 Å². The summed E-state index contributed by atoms with van der Waals surface area (Å²) in [5.74, 6) is -0.532. The first-order valence-electron chi connectivity index (χ1n) is 6.89. The minimum absolute atomic E-state index is 0.0853. The number of rotatable bonds is 6. The van der Waals surface area contributed by atoms with Crippen molar-refractivity contribution in [2.75, 3.05) is 6.54 Å². The standard InChI is InChI=1S/C13H15N5O4S/c1-17-11-7-10(3-4-12(11)22-13(17)19)23(20,21)16-5-2-6-18-9-14-8-15-18/h3-4,7-9,16H,2,5-6H2,1H3. The zero-order valence-electron chi connectivity index (χ0n) is 12.3. The highest BCUT2D eigenvalue weighted by molar-refractivity contribution is 7.89. The highest BCUT2D eigenvalue weighted by Crippen LogP contribution is 2.17. The Balaban J connectivity index is 1.71. The lowest BCUT2D eigenvalue weighted by Crippen LogP contribution is -2.25. The van der Waals surface area contributed by atoms with Gasteiger partial charge >= 0.3 is 5.76 Å². The molecule has 0 fully saturated rings. The van der Waals surface area contributed by atoms with E-state index in [1.165, 1.54) is 36.1 Å². The van der Waals surface area contributed by atoms with Gasteiger partial charge in [0.15, 0.2) is 5.58 Å². The van der Waals surface area contributed by atoms with Crippen molar-refractivity contribution in [3.05, 3.63) is 41.4 Å². The molecule has 1 N–H and O–H groups in total. The highest BCUT2D eigenvalue weighted by Gasteiger charge is 2.16. The smallest absolute Gasteiger partial charge is 0.408 e. The molecule has 9 nitrogen and oxygen atoms in total. The second-order valence-corrected chi connectivity index (χ2v) is 6.73. The van der Waals surface area contributed by atoms with E-state index in [9.17, 15) is 13.2 Å². The minimum atomic E-state index is -3.65. The largest absolute Gasteiger partial charge is 0.419 e. The van der Waals surface area contributed by atoms with Crippen LogP contribution in [0.15, 0.2) is 45.0 Å². The third kappa shape index (κ3) is 3.17. The van der Waals surface area contributed by atoms with Crippen molar-refractivity contribution < 1.29 is 12.8 Å². The summed E-state index contributed by atoms with van der Waals surface area (Å²) in [5, 5.41) is 3.94. The van der Waals surface area contributed by atoms with Crippen LogP contribution in [0.1, 0.15) is 6.42 Å². The summed E-state index contributed by atoms with van der Waals surface area (Å²) < 4.78 is 35.0. The average molecular weight is 337 g/mol. The topological polar surface area (TPSA) is 112 Å². The van der Waals surface area contributed by atoms with Gasteiger partial charge in [-0.3, -0.25) is 9.25 Å². The van der Waals surface area contributed by atoms with Gasteiger partial charge in [-0.1, -0.05) is 0 Å². The van der Waals surface area contributed by atoms with Crippen LogP contribution >= 0.6 is 0 Å². The van der Waals surface area contributed by atoms with Crippen molar-refractivity contribution in [1.29, 1.82) is 0 Å². The third-order valence-corrected chi connectivity index (χ3v) is 4.85. The van der Waals surface area contributed by atoms with Crippen molar-refractivity contribution in [1.82, 2.24) is 24.1 Å². The molecule has 0 radical (unpaired) electrons. The molecule has 0 amide bonds. The Morgan fingerprint density at radius 1 is 1.35 bits per heavy atom. The van der Waals surface area contributed by atoms with Crippen molar-refractivity contribution in [3.8, 4) is 0 Å². The van der Waals surface area contributed by atoms with Crippen molar-refractivity contribution in [3.63, 3.8) is 0 Å². The molecule has 0 saturated carbocycles. The van der Waals surface area contributed by atoms with Crippen LogP contribution < -0.4 is 10.5 Å². The van der Waals surface area contributed by atoms with Crippen LogP contribution in [0, 0.1) is 0 Å². The zero-order chi connectivity index (χ0) is 16.4. The lowest BCUT2D eigenvalue weighted by Gasteiger charge is -2.07. The van der Waals surface area contributed by atoms with Gasteiger partial charge in [-0.2, -0.15) is 5.10 Å². The molecule has 23 heavy (non-hydrogen) atoms. The molecule has 0 aliphatic carbocycles. The van der Waals surface area contributed by atoms with E-state index in [4.69, 9.17) is 4.42 Å². The molecule has 3 rings (SSSR count). The Bertz CT molecular complexity index is 972. The van der Waals surface area contributed by atoms with Crippen LogP contribution in [-0.2, 0) is 23.6 Å². The Morgan fingerprint density at radius 2 is 2.17 bits per heavy atom. The van der Waals surface area contributed by atoms with Crippen molar-refractivity contribution >= 4 is 21.1 Å². The fraction of sp³-hybridized carbons (Fsp3) is 0.308. The number of sulfonamides is 1. The van der Waals surface area contributed by atoms with Gasteiger partial charge in [0, 0.05) is 20.1 Å². The van der Waals surface area contributed by atoms with E-state index in [0.717, 1.165) is 0 Å². The maximum atomic E-state index is 12.3. The molecule has 2 aromatic heterocycles. The number of oxazole rings is 1. The lowest BCUT2D eigenvalue weighted by molar-refractivity contribution is 0.528. The Kier molecular flexibility index (Phi) is 4.01. The highest BCUT2D eigenvalue weighted by atomic mass is 32.2. The van der Waals surface area contributed by atoms with Gasteiger partial charge in [-0.25, -0.2) is 22.9 Å². The Hall–Kier alpha value is -2.46. The summed E-state index contributed by atoms with van der Waals surface area (Å²) in [4.78, 5) is 15.3. The average Bonchev–Trinajstić information content (AvgIpc) is 3.13. The molecule has 0 aliphatic heterocycles. The number of benzene rings is 1. The van der Waals surface area contributed by atoms with E-state index in [1.54, 1.807) is 11.0 Å². The molecule has 0 bridgehead atoms. The van der Waals surface area contributed by atoms with Gasteiger partial charge in [0.1, 0.15) is 12.7 Å². The Labute approximate surface area is 131 Å². The fourth-order valence-electron chi connectivity index (χ4n) is 2.15. The molecule has 1 aromatic carbocycles. The van der Waals surface area contributed by atoms with Gasteiger partial charge < -0.3 is 4.42 Å². The third-order valence-electron chi connectivity index (χ3n) is 3.40. The summed E-state index contributed by atoms with van der Waals surface area (Å²) in [6, 6.07) is 4.30. The summed E-state index contributed by atoms with van der Waals surface area (Å²) in [5.41, 5.74) is 0.781. The summed E-state index contributed by atoms with van der Waals surface area (Å²) in [6.45, 7) is 0.836. The van der Waals surface area contributed by atoms with Crippen molar-refractivity contribution in [2.24, 2.45) is 7.05 Å². The van der Waals surface area contributed by atoms with E-state index >= 15 is 0 Å². The van der Waals surface area contributed by atoms with Crippen LogP contribution in [0.3, 0.4) is 0 Å². The molecule has 0 spiro atoms. The first kappa shape index (κ1) is 15.4. The maximum Gasteiger partial charge on any atom is 0.419 e. The lowest BCUT2D eigenvalue weighted by atomic mass is 10.3. The molecule has 0 saturated heterocycles. The molecule has 3 aromatic rings. The van der Waals surface area contributed by atoms with Gasteiger partial charge in [0.2, 0.25) is 10.0 Å². The molecule has 0 atom stereocenters. The quantitative estimate of drug-likeness (QED) is 0.638. The summed E-state index contributed by atoms with van der Waals surface area (Å²) in [6.07, 6.45) is 3.57. The molecular formula is C13H15N5O4S. The predicted octanol–water partition coefficient (Wildman–Crippen LogP) is 0.0916. The van der Waals surface area contributed by atoms with E-state index in [0.29, 0.717) is 24.1 Å². The minimum Gasteiger partial charge on any atom is -0.408 e. The second kappa shape index (κ2) is 5.97. The van der Waals surface area contributed by atoms with E-state index < -0.39 is 15.8 Å². The molecular weight excluding hydrogens is 322 g/mol.